The molecule has 0 fully saturated rings. The average molecular weight is 322 g/mol. The molecule has 0 aliphatic rings. The zero-order chi connectivity index (χ0) is 16.9. The Labute approximate surface area is 140 Å². The van der Waals surface area contributed by atoms with Gasteiger partial charge < -0.3 is 14.8 Å². The normalized spacial score (nSPS) is 10.4. The Kier molecular flexibility index (Phi) is 4.61. The van der Waals surface area contributed by atoms with Crippen molar-refractivity contribution in [1.82, 2.24) is 4.98 Å². The van der Waals surface area contributed by atoms with Crippen molar-refractivity contribution in [3.8, 4) is 11.5 Å². The molecule has 2 aromatic carbocycles. The quantitative estimate of drug-likeness (QED) is 0.780. The number of nitrogens with zero attached hydrogens (tertiary/aromatic N) is 1. The molecule has 1 aromatic heterocycles. The molecule has 0 aliphatic heterocycles. The summed E-state index contributed by atoms with van der Waals surface area (Å²) in [5, 5.41) is 3.85. The molecule has 0 aliphatic carbocycles. The van der Waals surface area contributed by atoms with E-state index >= 15 is 0 Å². The van der Waals surface area contributed by atoms with Crippen molar-refractivity contribution in [3.63, 3.8) is 0 Å². The van der Waals surface area contributed by atoms with Crippen LogP contribution in [-0.4, -0.2) is 24.6 Å². The van der Waals surface area contributed by atoms with Gasteiger partial charge in [0.15, 0.2) is 18.1 Å². The van der Waals surface area contributed by atoms with Crippen molar-refractivity contribution in [1.29, 1.82) is 0 Å². The molecule has 5 nitrogen and oxygen atoms in total. The number of nitrogens with one attached hydrogen (secondary N) is 1. The first-order valence-electron chi connectivity index (χ1n) is 7.58. The van der Waals surface area contributed by atoms with E-state index in [0.29, 0.717) is 17.2 Å². The maximum atomic E-state index is 12.2. The highest BCUT2D eigenvalue weighted by molar-refractivity contribution is 6.01. The number of anilines is 1. The standard InChI is InChI=1S/C19H18N2O3/c1-13-10-14-6-5-9-20-19(14)15(11-13)21-18(22)12-24-17-8-4-3-7-16(17)23-2/h3-11H,12H2,1-2H3,(H,21,22). The van der Waals surface area contributed by atoms with Gasteiger partial charge in [-0.2, -0.15) is 0 Å². The lowest BCUT2D eigenvalue weighted by Gasteiger charge is -2.12. The molecule has 5 heteroatoms. The van der Waals surface area contributed by atoms with Gasteiger partial charge in [0.2, 0.25) is 0 Å². The van der Waals surface area contributed by atoms with Crippen LogP contribution in [0.25, 0.3) is 10.9 Å². The number of benzene rings is 2. The number of hydrogen-bond donors (Lipinski definition) is 1. The predicted molar refractivity (Wildman–Crippen MR) is 93.6 cm³/mol. The molecule has 1 amide bonds. The van der Waals surface area contributed by atoms with Gasteiger partial charge in [0, 0.05) is 11.6 Å². The number of aryl methyl sites for hydroxylation is 1. The lowest BCUT2D eigenvalue weighted by atomic mass is 10.1. The van der Waals surface area contributed by atoms with Gasteiger partial charge in [-0.1, -0.05) is 18.2 Å². The Balaban J connectivity index is 1.74. The minimum Gasteiger partial charge on any atom is -0.493 e. The second-order valence-corrected chi connectivity index (χ2v) is 5.38. The minimum atomic E-state index is -0.251. The van der Waals surface area contributed by atoms with Crippen LogP contribution in [0.5, 0.6) is 11.5 Å². The topological polar surface area (TPSA) is 60.5 Å². The van der Waals surface area contributed by atoms with Crippen LogP contribution in [0.3, 0.4) is 0 Å². The smallest absolute Gasteiger partial charge is 0.262 e. The highest BCUT2D eigenvalue weighted by Crippen LogP contribution is 2.26. The second kappa shape index (κ2) is 7.00. The molecule has 24 heavy (non-hydrogen) atoms. The average Bonchev–Trinajstić information content (AvgIpc) is 2.60. The van der Waals surface area contributed by atoms with Gasteiger partial charge in [0.05, 0.1) is 18.3 Å². The number of hydrogen-bond acceptors (Lipinski definition) is 4. The second-order valence-electron chi connectivity index (χ2n) is 5.38. The summed E-state index contributed by atoms with van der Waals surface area (Å²) < 4.78 is 10.7. The Morgan fingerprint density at radius 3 is 2.71 bits per heavy atom. The first kappa shape index (κ1) is 15.8. The number of carbonyl (C=O) groups is 1. The van der Waals surface area contributed by atoms with Crippen LogP contribution in [0.15, 0.2) is 54.7 Å². The van der Waals surface area contributed by atoms with Gasteiger partial charge in [0.25, 0.3) is 5.91 Å². The Morgan fingerprint density at radius 2 is 1.92 bits per heavy atom. The Bertz CT molecular complexity index is 877. The molecule has 0 saturated heterocycles. The van der Waals surface area contributed by atoms with Crippen molar-refractivity contribution in [2.24, 2.45) is 0 Å². The molecule has 0 radical (unpaired) electrons. The molecular weight excluding hydrogens is 304 g/mol. The van der Waals surface area contributed by atoms with Crippen LogP contribution in [0.1, 0.15) is 5.56 Å². The SMILES string of the molecule is COc1ccccc1OCC(=O)Nc1cc(C)cc2cccnc12. The van der Waals surface area contributed by atoms with Crippen molar-refractivity contribution < 1.29 is 14.3 Å². The molecule has 1 N–H and O–H groups in total. The molecule has 3 rings (SSSR count). The van der Waals surface area contributed by atoms with E-state index in [4.69, 9.17) is 9.47 Å². The number of fused-ring (bicyclic) bond motifs is 1. The summed E-state index contributed by atoms with van der Waals surface area (Å²) in [4.78, 5) is 16.6. The number of aromatic nitrogens is 1. The van der Waals surface area contributed by atoms with Crippen LogP contribution in [-0.2, 0) is 4.79 Å². The van der Waals surface area contributed by atoms with E-state index in [1.165, 1.54) is 0 Å². The molecule has 1 heterocycles. The molecule has 0 atom stereocenters. The molecule has 0 spiro atoms. The minimum absolute atomic E-state index is 0.108. The maximum absolute atomic E-state index is 12.2. The summed E-state index contributed by atoms with van der Waals surface area (Å²) in [6.45, 7) is 1.87. The van der Waals surface area contributed by atoms with Gasteiger partial charge in [-0.3, -0.25) is 9.78 Å². The van der Waals surface area contributed by atoms with Crippen LogP contribution in [0, 0.1) is 6.92 Å². The van der Waals surface area contributed by atoms with Gasteiger partial charge in [0.1, 0.15) is 0 Å². The predicted octanol–water partition coefficient (Wildman–Crippen LogP) is 3.57. The number of methoxy groups -OCH3 is 1. The fourth-order valence-corrected chi connectivity index (χ4v) is 2.51. The van der Waals surface area contributed by atoms with Crippen LogP contribution < -0.4 is 14.8 Å². The number of ether oxygens (including phenoxy) is 2. The molecule has 122 valence electrons. The molecule has 0 unspecified atom stereocenters. The van der Waals surface area contributed by atoms with E-state index in [9.17, 15) is 4.79 Å². The first-order valence-corrected chi connectivity index (χ1v) is 7.58. The zero-order valence-electron chi connectivity index (χ0n) is 13.6. The fourth-order valence-electron chi connectivity index (χ4n) is 2.51. The summed E-state index contributed by atoms with van der Waals surface area (Å²) in [5.74, 6) is 0.869. The van der Waals surface area contributed by atoms with Gasteiger partial charge in [-0.25, -0.2) is 0 Å². The van der Waals surface area contributed by atoms with E-state index in [0.717, 1.165) is 16.5 Å². The van der Waals surface area contributed by atoms with E-state index in [1.807, 2.05) is 43.3 Å². The molecule has 3 aromatic rings. The highest BCUT2D eigenvalue weighted by atomic mass is 16.5. The van der Waals surface area contributed by atoms with Crippen molar-refractivity contribution in [2.75, 3.05) is 19.0 Å². The van der Waals surface area contributed by atoms with Crippen LogP contribution >= 0.6 is 0 Å². The lowest BCUT2D eigenvalue weighted by molar-refractivity contribution is -0.118. The lowest BCUT2D eigenvalue weighted by Crippen LogP contribution is -2.20. The van der Waals surface area contributed by atoms with Crippen molar-refractivity contribution >= 4 is 22.5 Å². The van der Waals surface area contributed by atoms with E-state index in [1.54, 1.807) is 25.4 Å². The first-order chi connectivity index (χ1) is 11.7. The van der Waals surface area contributed by atoms with Gasteiger partial charge in [-0.05, 0) is 42.8 Å². The summed E-state index contributed by atoms with van der Waals surface area (Å²) in [7, 11) is 1.56. The third kappa shape index (κ3) is 3.46. The van der Waals surface area contributed by atoms with E-state index in [2.05, 4.69) is 10.3 Å². The maximum Gasteiger partial charge on any atom is 0.262 e. The van der Waals surface area contributed by atoms with E-state index in [-0.39, 0.29) is 12.5 Å². The summed E-state index contributed by atoms with van der Waals surface area (Å²) in [6.07, 6.45) is 1.71. The summed E-state index contributed by atoms with van der Waals surface area (Å²) in [5.41, 5.74) is 2.49. The molecule has 0 saturated carbocycles. The third-order valence-electron chi connectivity index (χ3n) is 3.55. The van der Waals surface area contributed by atoms with Crippen LogP contribution in [0.4, 0.5) is 5.69 Å². The highest BCUT2D eigenvalue weighted by Gasteiger charge is 2.10. The zero-order valence-corrected chi connectivity index (χ0v) is 13.6. The number of carbonyl (C=O) groups excluding carboxylic acids is 1. The van der Waals surface area contributed by atoms with Gasteiger partial charge in [-0.15, -0.1) is 0 Å². The Hall–Kier alpha value is -3.08. The van der Waals surface area contributed by atoms with Crippen molar-refractivity contribution in [3.05, 3.63) is 60.3 Å². The molecular formula is C19H18N2O3. The summed E-state index contributed by atoms with van der Waals surface area (Å²) in [6, 6.07) is 15.0. The number of amides is 1. The van der Waals surface area contributed by atoms with E-state index < -0.39 is 0 Å². The Morgan fingerprint density at radius 1 is 1.12 bits per heavy atom. The number of pyridine rings is 1. The number of rotatable bonds is 5. The monoisotopic (exact) mass is 322 g/mol. The summed E-state index contributed by atoms with van der Waals surface area (Å²) >= 11 is 0. The fraction of sp³-hybridized carbons (Fsp3) is 0.158. The van der Waals surface area contributed by atoms with Gasteiger partial charge >= 0.3 is 0 Å². The largest absolute Gasteiger partial charge is 0.493 e. The third-order valence-corrected chi connectivity index (χ3v) is 3.55. The van der Waals surface area contributed by atoms with Crippen LogP contribution in [0.2, 0.25) is 0 Å². The number of para-hydroxylation sites is 2. The molecule has 0 bridgehead atoms. The van der Waals surface area contributed by atoms with Crippen molar-refractivity contribution in [2.45, 2.75) is 6.92 Å².